The van der Waals surface area contributed by atoms with E-state index in [0.717, 1.165) is 0 Å². The number of carbonyl (C=O) groups is 2. The van der Waals surface area contributed by atoms with E-state index in [1.807, 2.05) is 6.26 Å². The zero-order chi connectivity index (χ0) is 12.7. The van der Waals surface area contributed by atoms with Gasteiger partial charge in [0.2, 0.25) is 0 Å². The second-order valence-electron chi connectivity index (χ2n) is 3.49. The lowest BCUT2D eigenvalue weighted by Gasteiger charge is -2.19. The van der Waals surface area contributed by atoms with Crippen LogP contribution in [0, 0.1) is 0 Å². The van der Waals surface area contributed by atoms with Gasteiger partial charge in [-0.05, 0) is 30.6 Å². The molecule has 0 saturated carbocycles. The van der Waals surface area contributed by atoms with Gasteiger partial charge in [-0.15, -0.1) is 0 Å². The van der Waals surface area contributed by atoms with Crippen LogP contribution in [-0.2, 0) is 4.79 Å². The zero-order valence-electron chi connectivity index (χ0n) is 10.5. The highest BCUT2D eigenvalue weighted by atomic mass is 32.2. The minimum absolute atomic E-state index is 0. The van der Waals surface area contributed by atoms with Gasteiger partial charge in [-0.3, -0.25) is 4.79 Å². The normalized spacial score (nSPS) is 11.2. The second kappa shape index (κ2) is 8.54. The van der Waals surface area contributed by atoms with Crippen LogP contribution < -0.4 is 16.6 Å². The van der Waals surface area contributed by atoms with Crippen molar-refractivity contribution in [3.8, 4) is 0 Å². The molecule has 5 N–H and O–H groups in total. The number of hydrogen-bond acceptors (Lipinski definition) is 4. The first-order chi connectivity index (χ1) is 8.15. The number of benzene rings is 1. The molecular weight excluding hydrogens is 252 g/mol. The lowest BCUT2D eigenvalue weighted by atomic mass is 10.1. The molecular formula is C12H18N2O3S. The number of carbonyl (C=O) groups excluding carboxylic acids is 2. The van der Waals surface area contributed by atoms with Crippen LogP contribution >= 0.6 is 11.8 Å². The van der Waals surface area contributed by atoms with E-state index in [2.05, 4.69) is 5.32 Å². The summed E-state index contributed by atoms with van der Waals surface area (Å²) in [5.74, 6) is -0.975. The average Bonchev–Trinajstić information content (AvgIpc) is 2.35. The standard InChI is InChI=1S/C12H15NO3S.H3N/c1-17-8-7-10(12(15)16)13-11(14)9-5-3-2-4-6-9;/h2-6,10H,7-8H2,1H3,(H,13,14)(H,15,16);1H3/t10-;/m0./s1. The second-order valence-corrected chi connectivity index (χ2v) is 4.48. The Balaban J connectivity index is 0.00000289. The SMILES string of the molecule is CSCC[C@H](NC(=O)c1ccccc1)C(=O)[O-].[NH4+]. The topological polar surface area (TPSA) is 106 Å². The summed E-state index contributed by atoms with van der Waals surface area (Å²) in [4.78, 5) is 22.6. The van der Waals surface area contributed by atoms with Crippen molar-refractivity contribution in [2.24, 2.45) is 0 Å². The van der Waals surface area contributed by atoms with Gasteiger partial charge in [0, 0.05) is 5.56 Å². The molecule has 0 aliphatic rings. The highest BCUT2D eigenvalue weighted by molar-refractivity contribution is 7.98. The third-order valence-corrected chi connectivity index (χ3v) is 2.88. The van der Waals surface area contributed by atoms with Crippen molar-refractivity contribution in [3.05, 3.63) is 35.9 Å². The Morgan fingerprint density at radius 1 is 1.33 bits per heavy atom. The quantitative estimate of drug-likeness (QED) is 0.792. The van der Waals surface area contributed by atoms with Gasteiger partial charge in [-0.1, -0.05) is 18.2 Å². The number of aliphatic carboxylic acids is 1. The third kappa shape index (κ3) is 5.20. The summed E-state index contributed by atoms with van der Waals surface area (Å²) in [5, 5.41) is 13.3. The fourth-order valence-electron chi connectivity index (χ4n) is 1.32. The molecule has 0 unspecified atom stereocenters. The molecule has 0 aliphatic heterocycles. The van der Waals surface area contributed by atoms with Crippen LogP contribution in [0.25, 0.3) is 0 Å². The molecule has 1 aromatic rings. The van der Waals surface area contributed by atoms with Gasteiger partial charge in [0.15, 0.2) is 0 Å². The number of quaternary nitrogens is 1. The predicted octanol–water partition coefficient (Wildman–Crippen LogP) is 0.664. The van der Waals surface area contributed by atoms with Gasteiger partial charge < -0.3 is 21.4 Å². The maximum Gasteiger partial charge on any atom is 0.251 e. The van der Waals surface area contributed by atoms with Crippen molar-refractivity contribution in [1.29, 1.82) is 0 Å². The van der Waals surface area contributed by atoms with Gasteiger partial charge in [-0.25, -0.2) is 0 Å². The molecule has 0 fully saturated rings. The van der Waals surface area contributed by atoms with Crippen LogP contribution in [0.15, 0.2) is 30.3 Å². The molecule has 0 spiro atoms. The molecule has 0 bridgehead atoms. The summed E-state index contributed by atoms with van der Waals surface area (Å²) >= 11 is 1.53. The maximum atomic E-state index is 11.7. The molecule has 100 valence electrons. The monoisotopic (exact) mass is 270 g/mol. The van der Waals surface area contributed by atoms with Gasteiger partial charge in [0.25, 0.3) is 5.91 Å². The average molecular weight is 270 g/mol. The number of thioether (sulfide) groups is 1. The van der Waals surface area contributed by atoms with E-state index in [9.17, 15) is 14.7 Å². The lowest BCUT2D eigenvalue weighted by Crippen LogP contribution is -2.48. The first-order valence-corrected chi connectivity index (χ1v) is 6.60. The number of hydrogen-bond donors (Lipinski definition) is 2. The molecule has 1 aromatic carbocycles. The number of carboxylic acid groups (broad SMARTS) is 1. The number of carboxylic acids is 1. The summed E-state index contributed by atoms with van der Waals surface area (Å²) in [6.45, 7) is 0. The molecule has 0 aromatic heterocycles. The molecule has 0 saturated heterocycles. The van der Waals surface area contributed by atoms with Crippen LogP contribution in [0.3, 0.4) is 0 Å². The smallest absolute Gasteiger partial charge is 0.251 e. The van der Waals surface area contributed by atoms with Crippen molar-refractivity contribution in [2.45, 2.75) is 12.5 Å². The van der Waals surface area contributed by atoms with Crippen molar-refractivity contribution in [1.82, 2.24) is 11.5 Å². The van der Waals surface area contributed by atoms with Gasteiger partial charge in [0.1, 0.15) is 0 Å². The summed E-state index contributed by atoms with van der Waals surface area (Å²) in [6.07, 6.45) is 2.24. The minimum atomic E-state index is -1.25. The molecule has 6 heteroatoms. The van der Waals surface area contributed by atoms with E-state index in [1.54, 1.807) is 30.3 Å². The Hall–Kier alpha value is -1.53. The summed E-state index contributed by atoms with van der Waals surface area (Å²) < 4.78 is 0. The molecule has 0 heterocycles. The van der Waals surface area contributed by atoms with Crippen LogP contribution in [0.4, 0.5) is 0 Å². The van der Waals surface area contributed by atoms with E-state index in [0.29, 0.717) is 17.7 Å². The summed E-state index contributed by atoms with van der Waals surface area (Å²) in [5.41, 5.74) is 0.447. The number of amides is 1. The lowest BCUT2D eigenvalue weighted by molar-refractivity contribution is -0.308. The Labute approximate surface area is 111 Å². The molecule has 0 radical (unpaired) electrons. The predicted molar refractivity (Wildman–Crippen MR) is 71.7 cm³/mol. The first-order valence-electron chi connectivity index (χ1n) is 5.21. The molecule has 0 aliphatic carbocycles. The maximum absolute atomic E-state index is 11.7. The fraction of sp³-hybridized carbons (Fsp3) is 0.333. The summed E-state index contributed by atoms with van der Waals surface area (Å²) in [7, 11) is 0. The minimum Gasteiger partial charge on any atom is -0.548 e. The Morgan fingerprint density at radius 3 is 2.44 bits per heavy atom. The Morgan fingerprint density at radius 2 is 1.94 bits per heavy atom. The summed E-state index contributed by atoms with van der Waals surface area (Å²) in [6, 6.07) is 7.58. The highest BCUT2D eigenvalue weighted by Crippen LogP contribution is 2.03. The van der Waals surface area contributed by atoms with E-state index >= 15 is 0 Å². The van der Waals surface area contributed by atoms with E-state index in [1.165, 1.54) is 11.8 Å². The van der Waals surface area contributed by atoms with Gasteiger partial charge in [0.05, 0.1) is 12.0 Å². The van der Waals surface area contributed by atoms with Crippen LogP contribution in [0.1, 0.15) is 16.8 Å². The van der Waals surface area contributed by atoms with Crippen molar-refractivity contribution in [2.75, 3.05) is 12.0 Å². The third-order valence-electron chi connectivity index (χ3n) is 2.24. The molecule has 5 nitrogen and oxygen atoms in total. The number of nitrogens with one attached hydrogen (secondary N) is 1. The fourth-order valence-corrected chi connectivity index (χ4v) is 1.79. The van der Waals surface area contributed by atoms with Gasteiger partial charge in [-0.2, -0.15) is 11.8 Å². The van der Waals surface area contributed by atoms with Crippen molar-refractivity contribution < 1.29 is 14.7 Å². The van der Waals surface area contributed by atoms with Crippen molar-refractivity contribution in [3.63, 3.8) is 0 Å². The van der Waals surface area contributed by atoms with Gasteiger partial charge >= 0.3 is 0 Å². The molecule has 1 amide bonds. The zero-order valence-corrected chi connectivity index (χ0v) is 11.3. The molecule has 1 rings (SSSR count). The molecule has 18 heavy (non-hydrogen) atoms. The Kier molecular flexibility index (Phi) is 7.82. The van der Waals surface area contributed by atoms with E-state index < -0.39 is 12.0 Å². The molecule has 1 atom stereocenters. The Bertz CT molecular complexity index is 384. The number of rotatable bonds is 6. The van der Waals surface area contributed by atoms with E-state index in [-0.39, 0.29) is 12.1 Å². The van der Waals surface area contributed by atoms with Crippen molar-refractivity contribution >= 4 is 23.6 Å². The first kappa shape index (κ1) is 16.5. The van der Waals surface area contributed by atoms with Crippen LogP contribution in [0.2, 0.25) is 0 Å². The highest BCUT2D eigenvalue weighted by Gasteiger charge is 2.13. The van der Waals surface area contributed by atoms with Crippen LogP contribution in [-0.4, -0.2) is 29.9 Å². The van der Waals surface area contributed by atoms with E-state index in [4.69, 9.17) is 0 Å². The van der Waals surface area contributed by atoms with Crippen LogP contribution in [0.5, 0.6) is 0 Å². The largest absolute Gasteiger partial charge is 0.548 e.